The normalized spacial score (nSPS) is 25.7. The monoisotopic (exact) mass is 264 g/mol. The standard InChI is InChI=1S/C10H16N2O4.ClH/c11-10(3-1-2-4-10)8(13)15-6-7-5-12-9(14)16-7;/h7H,1-6,11H2,(H,12,14);1H/t7-;/m1./s1. The van der Waals surface area contributed by atoms with Crippen molar-refractivity contribution >= 4 is 24.5 Å². The molecule has 1 saturated heterocycles. The molecule has 17 heavy (non-hydrogen) atoms. The lowest BCUT2D eigenvalue weighted by molar-refractivity contribution is -0.152. The van der Waals surface area contributed by atoms with Crippen LogP contribution in [-0.4, -0.2) is 36.9 Å². The summed E-state index contributed by atoms with van der Waals surface area (Å²) in [6, 6.07) is 0. The minimum Gasteiger partial charge on any atom is -0.460 e. The average Bonchev–Trinajstić information content (AvgIpc) is 2.85. The molecule has 1 heterocycles. The zero-order valence-electron chi connectivity index (χ0n) is 9.44. The molecule has 1 atom stereocenters. The molecule has 0 aromatic rings. The molecule has 0 spiro atoms. The van der Waals surface area contributed by atoms with Crippen molar-refractivity contribution in [2.24, 2.45) is 5.73 Å². The molecule has 1 aliphatic carbocycles. The van der Waals surface area contributed by atoms with Crippen molar-refractivity contribution in [2.45, 2.75) is 37.3 Å². The number of hydrogen-bond donors (Lipinski definition) is 2. The summed E-state index contributed by atoms with van der Waals surface area (Å²) in [6.45, 7) is 0.459. The molecule has 1 amide bonds. The van der Waals surface area contributed by atoms with Gasteiger partial charge in [-0.05, 0) is 12.8 Å². The number of esters is 1. The van der Waals surface area contributed by atoms with Crippen molar-refractivity contribution in [2.75, 3.05) is 13.2 Å². The summed E-state index contributed by atoms with van der Waals surface area (Å²) >= 11 is 0. The van der Waals surface area contributed by atoms with Gasteiger partial charge in [0.15, 0.2) is 6.10 Å². The summed E-state index contributed by atoms with van der Waals surface area (Å²) < 4.78 is 9.92. The van der Waals surface area contributed by atoms with Crippen LogP contribution in [0.4, 0.5) is 4.79 Å². The lowest BCUT2D eigenvalue weighted by Crippen LogP contribution is -2.47. The summed E-state index contributed by atoms with van der Waals surface area (Å²) in [5, 5.41) is 2.49. The fourth-order valence-corrected chi connectivity index (χ4v) is 2.05. The summed E-state index contributed by atoms with van der Waals surface area (Å²) in [6.07, 6.45) is 2.42. The van der Waals surface area contributed by atoms with Crippen LogP contribution in [0.5, 0.6) is 0 Å². The highest BCUT2D eigenvalue weighted by atomic mass is 35.5. The Morgan fingerprint density at radius 2 is 2.18 bits per heavy atom. The number of alkyl carbamates (subject to hydrolysis) is 1. The summed E-state index contributed by atoms with van der Waals surface area (Å²) in [5.74, 6) is -0.382. The van der Waals surface area contributed by atoms with Gasteiger partial charge < -0.3 is 20.5 Å². The Balaban J connectivity index is 0.00000144. The number of amides is 1. The van der Waals surface area contributed by atoms with E-state index in [0.717, 1.165) is 12.8 Å². The predicted molar refractivity (Wildman–Crippen MR) is 61.9 cm³/mol. The van der Waals surface area contributed by atoms with Gasteiger partial charge in [-0.25, -0.2) is 4.79 Å². The quantitative estimate of drug-likeness (QED) is 0.717. The van der Waals surface area contributed by atoms with Crippen LogP contribution in [0.25, 0.3) is 0 Å². The minimum absolute atomic E-state index is 0. The SMILES string of the molecule is Cl.NC1(C(=O)OC[C@H]2CNC(=O)O2)CCCC1. The number of cyclic esters (lactones) is 1. The number of hydrogen-bond acceptors (Lipinski definition) is 5. The van der Waals surface area contributed by atoms with E-state index in [4.69, 9.17) is 15.2 Å². The number of carbonyl (C=O) groups excluding carboxylic acids is 2. The van der Waals surface area contributed by atoms with E-state index < -0.39 is 11.6 Å². The Morgan fingerprint density at radius 3 is 2.71 bits per heavy atom. The number of nitrogens with two attached hydrogens (primary N) is 1. The van der Waals surface area contributed by atoms with E-state index in [1.165, 1.54) is 0 Å². The second-order valence-electron chi connectivity index (χ2n) is 4.37. The molecule has 0 aromatic carbocycles. The summed E-state index contributed by atoms with van der Waals surface area (Å²) in [7, 11) is 0. The van der Waals surface area contributed by atoms with Crippen LogP contribution in [-0.2, 0) is 14.3 Å². The van der Waals surface area contributed by atoms with Crippen LogP contribution < -0.4 is 11.1 Å². The molecule has 7 heteroatoms. The summed E-state index contributed by atoms with van der Waals surface area (Å²) in [4.78, 5) is 22.4. The molecular formula is C10H17ClN2O4. The van der Waals surface area contributed by atoms with E-state index in [1.54, 1.807) is 0 Å². The number of rotatable bonds is 3. The topological polar surface area (TPSA) is 90.7 Å². The fraction of sp³-hybridized carbons (Fsp3) is 0.800. The number of ether oxygens (including phenoxy) is 2. The van der Waals surface area contributed by atoms with Gasteiger partial charge in [-0.2, -0.15) is 0 Å². The molecule has 0 radical (unpaired) electrons. The van der Waals surface area contributed by atoms with Crippen molar-refractivity contribution in [1.82, 2.24) is 5.32 Å². The van der Waals surface area contributed by atoms with E-state index in [0.29, 0.717) is 19.4 Å². The van der Waals surface area contributed by atoms with Gasteiger partial charge in [-0.15, -0.1) is 12.4 Å². The third-order valence-corrected chi connectivity index (χ3v) is 3.05. The van der Waals surface area contributed by atoms with Crippen molar-refractivity contribution in [3.8, 4) is 0 Å². The van der Waals surface area contributed by atoms with Crippen molar-refractivity contribution < 1.29 is 19.1 Å². The highest BCUT2D eigenvalue weighted by molar-refractivity contribution is 5.85. The van der Waals surface area contributed by atoms with Gasteiger partial charge in [0, 0.05) is 0 Å². The van der Waals surface area contributed by atoms with Gasteiger partial charge >= 0.3 is 12.1 Å². The smallest absolute Gasteiger partial charge is 0.407 e. The molecule has 0 unspecified atom stereocenters. The lowest BCUT2D eigenvalue weighted by Gasteiger charge is -2.21. The molecular weight excluding hydrogens is 248 g/mol. The Hall–Kier alpha value is -1.01. The molecule has 2 fully saturated rings. The number of nitrogens with one attached hydrogen (secondary N) is 1. The molecule has 98 valence electrons. The van der Waals surface area contributed by atoms with E-state index in [1.807, 2.05) is 0 Å². The molecule has 0 bridgehead atoms. The first-order valence-electron chi connectivity index (χ1n) is 5.51. The maximum Gasteiger partial charge on any atom is 0.407 e. The first-order valence-corrected chi connectivity index (χ1v) is 5.51. The first kappa shape index (κ1) is 14.1. The molecule has 0 aromatic heterocycles. The third-order valence-electron chi connectivity index (χ3n) is 3.05. The maximum atomic E-state index is 11.7. The molecule has 2 aliphatic rings. The van der Waals surface area contributed by atoms with Crippen molar-refractivity contribution in [1.29, 1.82) is 0 Å². The zero-order valence-corrected chi connectivity index (χ0v) is 10.3. The highest BCUT2D eigenvalue weighted by Gasteiger charge is 2.39. The van der Waals surface area contributed by atoms with Gasteiger partial charge in [0.2, 0.25) is 0 Å². The zero-order chi connectivity index (χ0) is 11.6. The Morgan fingerprint density at radius 1 is 1.53 bits per heavy atom. The van der Waals surface area contributed by atoms with Crippen LogP contribution in [0.15, 0.2) is 0 Å². The van der Waals surface area contributed by atoms with Gasteiger partial charge in [0.25, 0.3) is 0 Å². The van der Waals surface area contributed by atoms with E-state index >= 15 is 0 Å². The van der Waals surface area contributed by atoms with Gasteiger partial charge in [-0.1, -0.05) is 12.8 Å². The van der Waals surface area contributed by atoms with Gasteiger partial charge in [0.05, 0.1) is 6.54 Å². The maximum absolute atomic E-state index is 11.7. The minimum atomic E-state index is -0.823. The molecule has 3 N–H and O–H groups in total. The Kier molecular flexibility index (Phi) is 4.59. The van der Waals surface area contributed by atoms with Crippen LogP contribution in [0.3, 0.4) is 0 Å². The van der Waals surface area contributed by atoms with Crippen LogP contribution in [0.1, 0.15) is 25.7 Å². The average molecular weight is 265 g/mol. The van der Waals surface area contributed by atoms with Crippen molar-refractivity contribution in [3.63, 3.8) is 0 Å². The fourth-order valence-electron chi connectivity index (χ4n) is 2.05. The largest absolute Gasteiger partial charge is 0.460 e. The Labute approximate surface area is 106 Å². The molecule has 1 saturated carbocycles. The second kappa shape index (κ2) is 5.55. The van der Waals surface area contributed by atoms with Crippen LogP contribution >= 0.6 is 12.4 Å². The second-order valence-corrected chi connectivity index (χ2v) is 4.37. The first-order chi connectivity index (χ1) is 7.60. The lowest BCUT2D eigenvalue weighted by atomic mass is 10.00. The predicted octanol–water partition coefficient (Wildman–Crippen LogP) is 0.331. The van der Waals surface area contributed by atoms with Crippen molar-refractivity contribution in [3.05, 3.63) is 0 Å². The van der Waals surface area contributed by atoms with Gasteiger partial charge in [-0.3, -0.25) is 4.79 Å². The van der Waals surface area contributed by atoms with Crippen LogP contribution in [0, 0.1) is 0 Å². The Bertz CT molecular complexity index is 305. The molecule has 1 aliphatic heterocycles. The van der Waals surface area contributed by atoms with E-state index in [9.17, 15) is 9.59 Å². The highest BCUT2D eigenvalue weighted by Crippen LogP contribution is 2.28. The summed E-state index contributed by atoms with van der Waals surface area (Å²) in [5.41, 5.74) is 5.09. The molecule has 6 nitrogen and oxygen atoms in total. The van der Waals surface area contributed by atoms with Crippen LogP contribution in [0.2, 0.25) is 0 Å². The van der Waals surface area contributed by atoms with Gasteiger partial charge in [0.1, 0.15) is 12.1 Å². The number of carbonyl (C=O) groups is 2. The van der Waals surface area contributed by atoms with E-state index in [2.05, 4.69) is 5.32 Å². The molecule has 2 rings (SSSR count). The third kappa shape index (κ3) is 3.23. The van der Waals surface area contributed by atoms with E-state index in [-0.39, 0.29) is 31.1 Å². The number of halogens is 1.